The predicted molar refractivity (Wildman–Crippen MR) is 56.8 cm³/mol. The third kappa shape index (κ3) is 3.29. The second kappa shape index (κ2) is 5.54. The Kier molecular flexibility index (Phi) is 4.31. The first-order valence-electron chi connectivity index (χ1n) is 4.58. The van der Waals surface area contributed by atoms with E-state index in [-0.39, 0.29) is 5.00 Å². The van der Waals surface area contributed by atoms with Crippen LogP contribution in [0.15, 0.2) is 6.20 Å². The summed E-state index contributed by atoms with van der Waals surface area (Å²) in [5.41, 5.74) is 0. The molecule has 0 amide bonds. The molecule has 0 bridgehead atoms. The third-order valence-corrected chi connectivity index (χ3v) is 2.64. The zero-order valence-corrected chi connectivity index (χ0v) is 8.84. The molecule has 0 atom stereocenters. The number of anilines is 1. The maximum atomic E-state index is 10.3. The van der Waals surface area contributed by atoms with Crippen LogP contribution in [0.1, 0.15) is 26.2 Å². The fourth-order valence-electron chi connectivity index (χ4n) is 1.00. The van der Waals surface area contributed by atoms with E-state index < -0.39 is 4.92 Å². The molecule has 0 unspecified atom stereocenters. The molecule has 1 aromatic rings. The van der Waals surface area contributed by atoms with Gasteiger partial charge in [0.25, 0.3) is 0 Å². The molecule has 1 rings (SSSR count). The molecule has 0 saturated heterocycles. The Hall–Kier alpha value is -1.17. The van der Waals surface area contributed by atoms with Gasteiger partial charge in [-0.25, -0.2) is 4.98 Å². The van der Waals surface area contributed by atoms with Crippen molar-refractivity contribution < 1.29 is 4.92 Å². The number of thiazole rings is 1. The van der Waals surface area contributed by atoms with Gasteiger partial charge in [-0.05, 0) is 17.8 Å². The van der Waals surface area contributed by atoms with E-state index >= 15 is 0 Å². The van der Waals surface area contributed by atoms with Gasteiger partial charge in [-0.1, -0.05) is 19.8 Å². The average molecular weight is 215 g/mol. The highest BCUT2D eigenvalue weighted by Crippen LogP contribution is 2.24. The lowest BCUT2D eigenvalue weighted by molar-refractivity contribution is -0.380. The van der Waals surface area contributed by atoms with Crippen LogP contribution in [0.2, 0.25) is 0 Å². The van der Waals surface area contributed by atoms with Crippen LogP contribution in [-0.4, -0.2) is 16.5 Å². The average Bonchev–Trinajstić information content (AvgIpc) is 2.61. The van der Waals surface area contributed by atoms with Crippen LogP contribution in [0.4, 0.5) is 10.1 Å². The van der Waals surface area contributed by atoms with Gasteiger partial charge >= 0.3 is 5.00 Å². The van der Waals surface area contributed by atoms with E-state index in [2.05, 4.69) is 17.2 Å². The quantitative estimate of drug-likeness (QED) is 0.450. The standard InChI is InChI=1S/C8H13N3O2S/c1-2-3-4-5-9-8-10-6-7(14-8)11(12)13/h6H,2-5H2,1H3,(H,9,10). The van der Waals surface area contributed by atoms with E-state index in [4.69, 9.17) is 0 Å². The first-order valence-corrected chi connectivity index (χ1v) is 5.39. The molecule has 0 fully saturated rings. The molecule has 0 aromatic carbocycles. The van der Waals surface area contributed by atoms with Crippen LogP contribution in [-0.2, 0) is 0 Å². The Labute approximate surface area is 86.3 Å². The maximum Gasteiger partial charge on any atom is 0.345 e. The summed E-state index contributed by atoms with van der Waals surface area (Å²) in [5, 5.41) is 14.1. The molecule has 5 nitrogen and oxygen atoms in total. The maximum absolute atomic E-state index is 10.3. The number of nitrogens with zero attached hydrogens (tertiary/aromatic N) is 2. The molecule has 1 heterocycles. The number of unbranched alkanes of at least 4 members (excludes halogenated alkanes) is 2. The summed E-state index contributed by atoms with van der Waals surface area (Å²) < 4.78 is 0. The van der Waals surface area contributed by atoms with Gasteiger partial charge in [0.2, 0.25) is 0 Å². The van der Waals surface area contributed by atoms with Gasteiger partial charge in [0.15, 0.2) is 5.13 Å². The molecule has 0 spiro atoms. The first-order chi connectivity index (χ1) is 6.74. The van der Waals surface area contributed by atoms with Crippen molar-refractivity contribution in [1.82, 2.24) is 4.98 Å². The molecule has 0 aliphatic rings. The summed E-state index contributed by atoms with van der Waals surface area (Å²) in [5.74, 6) is 0. The number of nitrogens with one attached hydrogen (secondary N) is 1. The number of hydrogen-bond donors (Lipinski definition) is 1. The van der Waals surface area contributed by atoms with Crippen LogP contribution in [0.25, 0.3) is 0 Å². The van der Waals surface area contributed by atoms with E-state index in [1.165, 1.54) is 19.0 Å². The molecule has 6 heteroatoms. The van der Waals surface area contributed by atoms with Crippen molar-refractivity contribution in [1.29, 1.82) is 0 Å². The summed E-state index contributed by atoms with van der Waals surface area (Å²) in [4.78, 5) is 13.8. The second-order valence-electron chi connectivity index (χ2n) is 2.89. The Balaban J connectivity index is 2.33. The van der Waals surface area contributed by atoms with E-state index in [0.717, 1.165) is 24.3 Å². The molecule has 78 valence electrons. The lowest BCUT2D eigenvalue weighted by Crippen LogP contribution is -1.99. The molecule has 1 N–H and O–H groups in total. The lowest BCUT2D eigenvalue weighted by Gasteiger charge is -1.99. The number of hydrogen-bond acceptors (Lipinski definition) is 5. The van der Waals surface area contributed by atoms with Gasteiger partial charge in [-0.3, -0.25) is 10.1 Å². The first kappa shape index (κ1) is 10.9. The van der Waals surface area contributed by atoms with Crippen molar-refractivity contribution in [2.75, 3.05) is 11.9 Å². The molecule has 1 aromatic heterocycles. The van der Waals surface area contributed by atoms with Crippen LogP contribution in [0.5, 0.6) is 0 Å². The minimum Gasteiger partial charge on any atom is -0.361 e. The highest BCUT2D eigenvalue weighted by molar-refractivity contribution is 7.18. The Morgan fingerprint density at radius 2 is 2.43 bits per heavy atom. The van der Waals surface area contributed by atoms with Crippen molar-refractivity contribution in [2.45, 2.75) is 26.2 Å². The SMILES string of the molecule is CCCCCNc1ncc([N+](=O)[O-])s1. The zero-order valence-electron chi connectivity index (χ0n) is 8.02. The van der Waals surface area contributed by atoms with Crippen LogP contribution in [0.3, 0.4) is 0 Å². The Morgan fingerprint density at radius 3 is 3.00 bits per heavy atom. The topological polar surface area (TPSA) is 68.1 Å². The second-order valence-corrected chi connectivity index (χ2v) is 3.90. The van der Waals surface area contributed by atoms with E-state index in [1.54, 1.807) is 0 Å². The van der Waals surface area contributed by atoms with Gasteiger partial charge in [0, 0.05) is 6.54 Å². The fourth-order valence-corrected chi connectivity index (χ4v) is 1.66. The molecule has 0 saturated carbocycles. The van der Waals surface area contributed by atoms with Crippen molar-refractivity contribution in [3.8, 4) is 0 Å². The number of aromatic nitrogens is 1. The monoisotopic (exact) mass is 215 g/mol. The van der Waals surface area contributed by atoms with Gasteiger partial charge < -0.3 is 5.32 Å². The molecule has 0 aliphatic heterocycles. The van der Waals surface area contributed by atoms with Crippen molar-refractivity contribution in [3.63, 3.8) is 0 Å². The van der Waals surface area contributed by atoms with Gasteiger partial charge in [-0.15, -0.1) is 0 Å². The summed E-state index contributed by atoms with van der Waals surface area (Å²) in [7, 11) is 0. The lowest BCUT2D eigenvalue weighted by atomic mass is 10.2. The predicted octanol–water partition coefficient (Wildman–Crippen LogP) is 2.65. The van der Waals surface area contributed by atoms with E-state index in [0.29, 0.717) is 5.13 Å². The molecule has 0 radical (unpaired) electrons. The van der Waals surface area contributed by atoms with Crippen LogP contribution >= 0.6 is 11.3 Å². The summed E-state index contributed by atoms with van der Waals surface area (Å²) in [6.07, 6.45) is 4.69. The molecular formula is C8H13N3O2S. The highest BCUT2D eigenvalue weighted by atomic mass is 32.1. The van der Waals surface area contributed by atoms with E-state index in [9.17, 15) is 10.1 Å². The summed E-state index contributed by atoms with van der Waals surface area (Å²) >= 11 is 1.08. The minimum atomic E-state index is -0.422. The van der Waals surface area contributed by atoms with Crippen molar-refractivity contribution >= 4 is 21.5 Å². The largest absolute Gasteiger partial charge is 0.361 e. The van der Waals surface area contributed by atoms with Crippen LogP contribution < -0.4 is 5.32 Å². The number of rotatable bonds is 6. The normalized spacial score (nSPS) is 10.1. The molecule has 14 heavy (non-hydrogen) atoms. The fraction of sp³-hybridized carbons (Fsp3) is 0.625. The van der Waals surface area contributed by atoms with Gasteiger partial charge in [-0.2, -0.15) is 0 Å². The van der Waals surface area contributed by atoms with Gasteiger partial charge in [0.1, 0.15) is 6.20 Å². The van der Waals surface area contributed by atoms with Gasteiger partial charge in [0.05, 0.1) is 4.92 Å². The summed E-state index contributed by atoms with van der Waals surface area (Å²) in [6.45, 7) is 2.97. The van der Waals surface area contributed by atoms with E-state index in [1.807, 2.05) is 0 Å². The third-order valence-electron chi connectivity index (χ3n) is 1.73. The summed E-state index contributed by atoms with van der Waals surface area (Å²) in [6, 6.07) is 0. The Morgan fingerprint density at radius 1 is 1.64 bits per heavy atom. The van der Waals surface area contributed by atoms with Crippen LogP contribution in [0, 0.1) is 10.1 Å². The minimum absolute atomic E-state index is 0.0861. The smallest absolute Gasteiger partial charge is 0.345 e. The van der Waals surface area contributed by atoms with Crippen molar-refractivity contribution in [3.05, 3.63) is 16.3 Å². The number of nitro groups is 1. The van der Waals surface area contributed by atoms with Crippen molar-refractivity contribution in [2.24, 2.45) is 0 Å². The zero-order chi connectivity index (χ0) is 10.4. The Bertz CT molecular complexity index is 301. The molecule has 0 aliphatic carbocycles. The molecular weight excluding hydrogens is 202 g/mol. The highest BCUT2D eigenvalue weighted by Gasteiger charge is 2.10.